The van der Waals surface area contributed by atoms with Crippen LogP contribution >= 0.6 is 0 Å². The van der Waals surface area contributed by atoms with Gasteiger partial charge in [0.05, 0.1) is 6.10 Å². The van der Waals surface area contributed by atoms with Gasteiger partial charge in [-0.15, -0.1) is 0 Å². The van der Waals surface area contributed by atoms with Gasteiger partial charge >= 0.3 is 59.5 Å². The van der Waals surface area contributed by atoms with Crippen molar-refractivity contribution in [1.82, 2.24) is 0 Å². The summed E-state index contributed by atoms with van der Waals surface area (Å²) in [4.78, 5) is 11.3. The average molecular weight is 612 g/mol. The van der Waals surface area contributed by atoms with Crippen LogP contribution in [-0.2, 0) is 9.53 Å². The number of aliphatic hydroxyl groups is 1. The van der Waals surface area contributed by atoms with Crippen LogP contribution in [-0.4, -0.2) is 77.3 Å². The van der Waals surface area contributed by atoms with E-state index in [2.05, 4.69) is 4.74 Å². The molecule has 0 aliphatic heterocycles. The summed E-state index contributed by atoms with van der Waals surface area (Å²) in [5.41, 5.74) is -10.7. The maximum Gasteiger partial charge on any atom is 0.438 e. The highest BCUT2D eigenvalue weighted by Gasteiger charge is 2.98. The summed E-state index contributed by atoms with van der Waals surface area (Å²) in [6, 6.07) is 0. The van der Waals surface area contributed by atoms with Crippen molar-refractivity contribution < 1.29 is 98.1 Å². The van der Waals surface area contributed by atoms with Crippen LogP contribution in [0, 0.1) is 0 Å². The maximum absolute atomic E-state index is 13.8. The Labute approximate surface area is 197 Å². The number of carbonyl (C=O) groups excluding carboxylic acids is 1. The van der Waals surface area contributed by atoms with Crippen molar-refractivity contribution in [3.8, 4) is 0 Å². The summed E-state index contributed by atoms with van der Waals surface area (Å²) in [6.07, 6.45) is -19.9. The van der Waals surface area contributed by atoms with E-state index in [-0.39, 0.29) is 6.92 Å². The van der Waals surface area contributed by atoms with Crippen molar-refractivity contribution in [3.63, 3.8) is 0 Å². The van der Waals surface area contributed by atoms with Crippen LogP contribution in [0.15, 0.2) is 11.6 Å². The second-order valence-corrected chi connectivity index (χ2v) is 7.42. The van der Waals surface area contributed by atoms with E-state index in [1.54, 1.807) is 0 Å². The third-order valence-corrected chi connectivity index (χ3v) is 4.39. The molecular weight excluding hydrogens is 601 g/mol. The fourth-order valence-corrected chi connectivity index (χ4v) is 2.27. The first-order valence-corrected chi connectivity index (χ1v) is 8.86. The maximum atomic E-state index is 13.8. The van der Waals surface area contributed by atoms with Gasteiger partial charge in [-0.25, -0.2) is 9.18 Å². The summed E-state index contributed by atoms with van der Waals surface area (Å²) in [6.45, 7) is -0.209. The molecule has 3 nitrogen and oxygen atoms in total. The van der Waals surface area contributed by atoms with Crippen molar-refractivity contribution in [2.75, 3.05) is 6.61 Å². The van der Waals surface area contributed by atoms with E-state index in [9.17, 15) is 88.2 Å². The molecule has 0 aliphatic rings. The predicted molar refractivity (Wildman–Crippen MR) is 82.0 cm³/mol. The van der Waals surface area contributed by atoms with Crippen LogP contribution in [0.2, 0.25) is 0 Å². The molecule has 0 saturated carbocycles. The minimum Gasteiger partial charge on any atom is -0.460 e. The van der Waals surface area contributed by atoms with Crippen molar-refractivity contribution in [2.24, 2.45) is 0 Å². The molecule has 0 radical (unpaired) electrons. The van der Waals surface area contributed by atoms with Crippen LogP contribution < -0.4 is 0 Å². The van der Waals surface area contributed by atoms with Gasteiger partial charge in [0, 0.05) is 11.6 Å². The minimum atomic E-state index is -9.11. The number of rotatable bonds is 10. The molecule has 1 N–H and O–H groups in total. The lowest BCUT2D eigenvalue weighted by atomic mass is 9.83. The number of hydrogen-bond acceptors (Lipinski definition) is 3. The molecule has 0 spiro atoms. The number of hydrogen-bond donors (Lipinski definition) is 1. The van der Waals surface area contributed by atoms with Crippen LogP contribution in [0.1, 0.15) is 13.8 Å². The molecule has 0 aromatic carbocycles. The number of halogens is 19. The normalized spacial score (nSPS) is 16.9. The molecule has 0 bridgehead atoms. The van der Waals surface area contributed by atoms with Gasteiger partial charge in [0.2, 0.25) is 0 Å². The van der Waals surface area contributed by atoms with E-state index < -0.39 is 83.9 Å². The van der Waals surface area contributed by atoms with Crippen molar-refractivity contribution >= 4 is 5.97 Å². The van der Waals surface area contributed by atoms with Crippen LogP contribution in [0.25, 0.3) is 0 Å². The first-order valence-electron chi connectivity index (χ1n) is 8.86. The molecule has 0 aliphatic carbocycles. The van der Waals surface area contributed by atoms with Crippen LogP contribution in [0.5, 0.6) is 0 Å². The zero-order valence-corrected chi connectivity index (χ0v) is 17.8. The third kappa shape index (κ3) is 5.19. The van der Waals surface area contributed by atoms with Crippen LogP contribution in [0.3, 0.4) is 0 Å². The van der Waals surface area contributed by atoms with Gasteiger partial charge < -0.3 is 9.84 Å². The number of aliphatic hydroxyl groups excluding tert-OH is 1. The summed E-state index contributed by atoms with van der Waals surface area (Å²) in [5, 5.41) is 8.79. The Morgan fingerprint density at radius 3 is 1.29 bits per heavy atom. The van der Waals surface area contributed by atoms with E-state index in [0.717, 1.165) is 6.92 Å². The molecule has 1 atom stereocenters. The van der Waals surface area contributed by atoms with E-state index >= 15 is 0 Å². The predicted octanol–water partition coefficient (Wildman–Crippen LogP) is 6.50. The van der Waals surface area contributed by atoms with Gasteiger partial charge in [-0.05, 0) is 13.8 Å². The Balaban J connectivity index is 6.97. The fourth-order valence-electron chi connectivity index (χ4n) is 2.27. The molecule has 0 fully saturated rings. The lowest BCUT2D eigenvalue weighted by Crippen LogP contribution is -2.77. The summed E-state index contributed by atoms with van der Waals surface area (Å²) >= 11 is 0. The highest BCUT2D eigenvalue weighted by atomic mass is 19.4. The van der Waals surface area contributed by atoms with Gasteiger partial charge in [0.1, 0.15) is 6.61 Å². The minimum absolute atomic E-state index is 0.0114. The molecule has 0 aromatic heterocycles. The molecule has 38 heavy (non-hydrogen) atoms. The van der Waals surface area contributed by atoms with Crippen molar-refractivity contribution in [1.29, 1.82) is 0 Å². The summed E-state index contributed by atoms with van der Waals surface area (Å²) in [5.74, 6) is -53.1. The SMILES string of the molecule is CC(=CC(F)(F)C(F)(F)C(F)(F)C(F)(F)C(F)(F)C(F)(F)C(F)(C(F)(F)F)C(F)(F)F)C(=O)OCC(C)O. The number of esters is 1. The standard InChI is InChI=1S/C16H11F19O3/c1-5(7(37)38-4-6(2)36)3-8(17,18)10(20,21)12(24,25)14(28,29)13(26,27)11(22,23)9(19,15(30,31)32)16(33,34)35/h3,6,36H,4H2,1-2H3. The Bertz CT molecular complexity index is 883. The number of carbonyl (C=O) groups is 1. The fraction of sp³-hybridized carbons (Fsp3) is 0.812. The number of alkyl halides is 19. The Morgan fingerprint density at radius 2 is 0.974 bits per heavy atom. The van der Waals surface area contributed by atoms with Gasteiger partial charge in [0.15, 0.2) is 0 Å². The van der Waals surface area contributed by atoms with E-state index in [0.29, 0.717) is 0 Å². The molecule has 226 valence electrons. The topological polar surface area (TPSA) is 46.5 Å². The largest absolute Gasteiger partial charge is 0.460 e. The second-order valence-electron chi connectivity index (χ2n) is 7.42. The van der Waals surface area contributed by atoms with E-state index in [4.69, 9.17) is 5.11 Å². The highest BCUT2D eigenvalue weighted by Crippen LogP contribution is 2.66. The number of ether oxygens (including phenoxy) is 1. The zero-order chi connectivity index (χ0) is 31.4. The monoisotopic (exact) mass is 612 g/mol. The Kier molecular flexibility index (Phi) is 9.23. The van der Waals surface area contributed by atoms with Gasteiger partial charge in [-0.3, -0.25) is 0 Å². The lowest BCUT2D eigenvalue weighted by molar-refractivity contribution is -0.470. The first-order chi connectivity index (χ1) is 16.2. The van der Waals surface area contributed by atoms with Crippen molar-refractivity contribution in [2.45, 2.75) is 73.5 Å². The quantitative estimate of drug-likeness (QED) is 0.174. The molecule has 22 heteroatoms. The number of allylic oxidation sites excluding steroid dienone is 1. The molecule has 0 amide bonds. The average Bonchev–Trinajstić information content (AvgIpc) is 2.68. The van der Waals surface area contributed by atoms with Crippen LogP contribution in [0.4, 0.5) is 83.4 Å². The van der Waals surface area contributed by atoms with Gasteiger partial charge in [-0.2, -0.15) is 79.0 Å². The first kappa shape index (κ1) is 35.8. The van der Waals surface area contributed by atoms with Gasteiger partial charge in [0.25, 0.3) is 0 Å². The molecular formula is C16H11F19O3. The summed E-state index contributed by atoms with van der Waals surface area (Å²) < 4.78 is 256. The van der Waals surface area contributed by atoms with E-state index in [1.165, 1.54) is 0 Å². The zero-order valence-electron chi connectivity index (χ0n) is 17.8. The summed E-state index contributed by atoms with van der Waals surface area (Å²) in [7, 11) is 0. The molecule has 0 aromatic rings. The lowest BCUT2D eigenvalue weighted by Gasteiger charge is -2.44. The smallest absolute Gasteiger partial charge is 0.438 e. The molecule has 1 unspecified atom stereocenters. The Morgan fingerprint density at radius 1 is 0.658 bits per heavy atom. The third-order valence-electron chi connectivity index (χ3n) is 4.39. The van der Waals surface area contributed by atoms with Gasteiger partial charge in [-0.1, -0.05) is 0 Å². The van der Waals surface area contributed by atoms with Crippen molar-refractivity contribution in [3.05, 3.63) is 11.6 Å². The molecule has 0 saturated heterocycles. The molecule has 0 rings (SSSR count). The highest BCUT2D eigenvalue weighted by molar-refractivity contribution is 5.88. The molecule has 0 heterocycles. The van der Waals surface area contributed by atoms with E-state index in [1.807, 2.05) is 0 Å². The second kappa shape index (κ2) is 9.79. The Hall–Kier alpha value is -2.16.